The van der Waals surface area contributed by atoms with Crippen LogP contribution in [0.25, 0.3) is 87.6 Å². The first-order valence-corrected chi connectivity index (χ1v) is 14.4. The fourth-order valence-electron chi connectivity index (χ4n) is 6.63. The van der Waals surface area contributed by atoms with Gasteiger partial charge < -0.3 is 4.42 Å². The Morgan fingerprint density at radius 2 is 0.953 bits per heavy atom. The Hall–Kier alpha value is -5.66. The molecule has 1 heterocycles. The molecule has 43 heavy (non-hydrogen) atoms. The minimum absolute atomic E-state index is 0.0437. The predicted octanol–water partition coefficient (Wildman–Crippen LogP) is 12.0. The lowest BCUT2D eigenvalue weighted by Crippen LogP contribution is -1.91. The van der Waals surface area contributed by atoms with Crippen molar-refractivity contribution < 1.29 is 9.90 Å². The summed E-state index contributed by atoms with van der Waals surface area (Å²) in [5.41, 5.74) is 8.06. The molecule has 0 aliphatic rings. The molecule has 0 amide bonds. The van der Waals surface area contributed by atoms with Gasteiger partial charge in [0, 0.05) is 21.9 Å². The summed E-state index contributed by atoms with van der Waals surface area (Å²) < 4.78 is 40.1. The molecule has 0 fully saturated rings. The van der Waals surface area contributed by atoms with Crippen molar-refractivity contribution in [1.82, 2.24) is 0 Å². The van der Waals surface area contributed by atoms with Crippen molar-refractivity contribution in [3.8, 4) is 33.4 Å². The van der Waals surface area contributed by atoms with Crippen LogP contribution in [0.2, 0.25) is 0 Å². The van der Waals surface area contributed by atoms with Gasteiger partial charge in [-0.15, -0.1) is 0 Å². The smallest absolute Gasteiger partial charge is 0.143 e. The van der Waals surface area contributed by atoms with E-state index in [1.807, 2.05) is 24.3 Å². The van der Waals surface area contributed by atoms with Gasteiger partial charge in [0.1, 0.15) is 11.2 Å². The van der Waals surface area contributed by atoms with E-state index in [1.54, 1.807) is 6.07 Å². The van der Waals surface area contributed by atoms with E-state index in [0.29, 0.717) is 16.4 Å². The highest BCUT2D eigenvalue weighted by molar-refractivity contribution is 6.24. The molecule has 1 aromatic heterocycles. The van der Waals surface area contributed by atoms with Crippen LogP contribution >= 0.6 is 0 Å². The number of rotatable bonds is 3. The van der Waals surface area contributed by atoms with Gasteiger partial charge >= 0.3 is 0 Å². The molecule has 0 atom stereocenters. The largest absolute Gasteiger partial charge is 0.455 e. The summed E-state index contributed by atoms with van der Waals surface area (Å²) in [4.78, 5) is 0. The Bertz CT molecular complexity index is 2650. The second-order valence-corrected chi connectivity index (χ2v) is 11.0. The van der Waals surface area contributed by atoms with Gasteiger partial charge in [-0.25, -0.2) is 0 Å². The van der Waals surface area contributed by atoms with Crippen LogP contribution in [-0.4, -0.2) is 0 Å². The van der Waals surface area contributed by atoms with E-state index in [-0.39, 0.29) is 24.2 Å². The molecule has 0 spiro atoms. The van der Waals surface area contributed by atoms with Crippen LogP contribution in [0.5, 0.6) is 0 Å². The lowest BCUT2D eigenvalue weighted by atomic mass is 9.85. The first kappa shape index (κ1) is 20.3. The molecule has 0 saturated carbocycles. The van der Waals surface area contributed by atoms with Crippen molar-refractivity contribution in [1.29, 1.82) is 0 Å². The number of benzene rings is 8. The van der Waals surface area contributed by atoms with E-state index in [0.717, 1.165) is 54.6 Å². The molecule has 0 bridgehead atoms. The summed E-state index contributed by atoms with van der Waals surface area (Å²) in [6.45, 7) is 0. The van der Waals surface area contributed by atoms with Gasteiger partial charge in [-0.1, -0.05) is 145 Å². The van der Waals surface area contributed by atoms with Crippen LogP contribution in [0, 0.1) is 0 Å². The third-order valence-corrected chi connectivity index (χ3v) is 8.58. The van der Waals surface area contributed by atoms with Crippen molar-refractivity contribution in [2.75, 3.05) is 0 Å². The number of furan rings is 1. The molecule has 0 aliphatic carbocycles. The highest BCUT2D eigenvalue weighted by atomic mass is 16.3. The van der Waals surface area contributed by atoms with E-state index in [9.17, 15) is 0 Å². The minimum atomic E-state index is -0.244. The Labute approximate surface area is 254 Å². The van der Waals surface area contributed by atoms with Gasteiger partial charge in [-0.2, -0.15) is 0 Å². The van der Waals surface area contributed by atoms with Gasteiger partial charge in [0.2, 0.25) is 0 Å². The maximum Gasteiger partial charge on any atom is 0.143 e. The normalized spacial score (nSPS) is 13.0. The Balaban J connectivity index is 1.33. The summed E-state index contributed by atoms with van der Waals surface area (Å²) in [5.74, 6) is 0. The summed E-state index contributed by atoms with van der Waals surface area (Å²) in [5, 5.41) is 7.19. The molecular formula is C42H26O. The van der Waals surface area contributed by atoms with Crippen molar-refractivity contribution in [3.63, 3.8) is 0 Å². The molecule has 0 N–H and O–H groups in total. The summed E-state index contributed by atoms with van der Waals surface area (Å²) >= 11 is 0. The number of para-hydroxylation sites is 1. The van der Waals surface area contributed by atoms with Crippen molar-refractivity contribution in [2.45, 2.75) is 0 Å². The quantitative estimate of drug-likeness (QED) is 0.199. The maximum atomic E-state index is 8.54. The zero-order valence-electron chi connectivity index (χ0n) is 27.1. The van der Waals surface area contributed by atoms with E-state index < -0.39 is 0 Å². The van der Waals surface area contributed by atoms with Crippen LogP contribution in [0.3, 0.4) is 0 Å². The maximum absolute atomic E-state index is 8.54. The molecule has 0 unspecified atom stereocenters. The van der Waals surface area contributed by atoms with Gasteiger partial charge in [0.15, 0.2) is 0 Å². The van der Waals surface area contributed by atoms with Gasteiger partial charge in [0.25, 0.3) is 0 Å². The van der Waals surface area contributed by atoms with Gasteiger partial charge in [0.05, 0.1) is 5.48 Å². The van der Waals surface area contributed by atoms with Crippen LogP contribution in [0.15, 0.2) is 162 Å². The zero-order valence-corrected chi connectivity index (χ0v) is 23.1. The molecule has 200 valence electrons. The van der Waals surface area contributed by atoms with Gasteiger partial charge in [-0.3, -0.25) is 0 Å². The molecule has 9 rings (SSSR count). The standard InChI is InChI=1S/C42H26O/c1-2-11-27(12-3-1)28-21-23-29(24-22-28)40-32-15-6-8-17-34(32)41(35-18-9-7-16-33(35)40)37-20-10-19-36-38-25-30-13-4-5-14-31(30)26-39(38)43-42(36)37/h1-26H/i4D,5D,13D,14D. The molecule has 1 nitrogen and oxygen atoms in total. The highest BCUT2D eigenvalue weighted by Gasteiger charge is 2.20. The molecular weight excluding hydrogens is 520 g/mol. The van der Waals surface area contributed by atoms with Crippen molar-refractivity contribution in [2.24, 2.45) is 0 Å². The van der Waals surface area contributed by atoms with Gasteiger partial charge in [-0.05, 0) is 66.7 Å². The molecule has 8 aromatic carbocycles. The summed E-state index contributed by atoms with van der Waals surface area (Å²) in [7, 11) is 0. The van der Waals surface area contributed by atoms with Crippen LogP contribution in [0.1, 0.15) is 5.48 Å². The molecule has 9 aromatic rings. The number of fused-ring (bicyclic) bond motifs is 6. The highest BCUT2D eigenvalue weighted by Crippen LogP contribution is 2.46. The zero-order chi connectivity index (χ0) is 31.8. The van der Waals surface area contributed by atoms with Crippen LogP contribution in [-0.2, 0) is 0 Å². The monoisotopic (exact) mass is 550 g/mol. The first-order chi connectivity index (χ1) is 23.0. The summed E-state index contributed by atoms with van der Waals surface area (Å²) in [6.07, 6.45) is 0. The Morgan fingerprint density at radius 3 is 1.63 bits per heavy atom. The second kappa shape index (κ2) is 9.44. The number of hydrogen-bond acceptors (Lipinski definition) is 1. The average Bonchev–Trinajstić information content (AvgIpc) is 3.50. The average molecular weight is 551 g/mol. The van der Waals surface area contributed by atoms with Crippen LogP contribution < -0.4 is 0 Å². The molecule has 0 aliphatic heterocycles. The third-order valence-electron chi connectivity index (χ3n) is 8.58. The molecule has 0 saturated heterocycles. The first-order valence-electron chi connectivity index (χ1n) is 16.4. The SMILES string of the molecule is [2H]c1c([2H])c([2H])c2cc3c(cc2c1[2H])oc1c(-c2c4ccccc4c(-c4ccc(-c5ccccc5)cc4)c4ccccc24)cccc13. The summed E-state index contributed by atoms with van der Waals surface area (Å²) in [6, 6.07) is 45.5. The van der Waals surface area contributed by atoms with Crippen LogP contribution in [0.4, 0.5) is 0 Å². The Morgan fingerprint density at radius 1 is 0.419 bits per heavy atom. The Kier molecular flexibility index (Phi) is 4.45. The fraction of sp³-hybridized carbons (Fsp3) is 0. The van der Waals surface area contributed by atoms with E-state index in [2.05, 4.69) is 103 Å². The molecule has 1 heteroatoms. The van der Waals surface area contributed by atoms with E-state index in [1.165, 1.54) is 16.7 Å². The molecule has 0 radical (unpaired) electrons. The second-order valence-electron chi connectivity index (χ2n) is 11.0. The fourth-order valence-corrected chi connectivity index (χ4v) is 6.63. The lowest BCUT2D eigenvalue weighted by molar-refractivity contribution is 0.670. The van der Waals surface area contributed by atoms with Crippen molar-refractivity contribution >= 4 is 54.3 Å². The van der Waals surface area contributed by atoms with Crippen molar-refractivity contribution in [3.05, 3.63) is 158 Å². The minimum Gasteiger partial charge on any atom is -0.455 e. The lowest BCUT2D eigenvalue weighted by Gasteiger charge is -2.18. The third kappa shape index (κ3) is 3.72. The topological polar surface area (TPSA) is 13.1 Å². The van der Waals surface area contributed by atoms with E-state index in [4.69, 9.17) is 9.90 Å². The number of hydrogen-bond donors (Lipinski definition) is 0. The van der Waals surface area contributed by atoms with E-state index >= 15 is 0 Å². The predicted molar refractivity (Wildman–Crippen MR) is 183 cm³/mol.